The molecule has 0 radical (unpaired) electrons. The highest BCUT2D eigenvalue weighted by atomic mass is 19.4. The Balaban J connectivity index is 3.93. The molecule has 0 heterocycles. The van der Waals surface area contributed by atoms with Crippen LogP contribution in [0.1, 0.15) is 27.2 Å². The second-order valence-corrected chi connectivity index (χ2v) is 4.05. The van der Waals surface area contributed by atoms with Crippen LogP contribution in [0.4, 0.5) is 13.2 Å². The van der Waals surface area contributed by atoms with E-state index >= 15 is 0 Å². The van der Waals surface area contributed by atoms with Crippen LogP contribution in [-0.4, -0.2) is 41.4 Å². The third-order valence-electron chi connectivity index (χ3n) is 1.77. The monoisotopic (exact) mass is 213 g/mol. The molecule has 0 spiro atoms. The number of aliphatic hydroxyl groups is 1. The lowest BCUT2D eigenvalue weighted by Gasteiger charge is -2.28. The van der Waals surface area contributed by atoms with Gasteiger partial charge in [-0.15, -0.1) is 0 Å². The normalized spacial score (nSPS) is 13.7. The van der Waals surface area contributed by atoms with Crippen molar-refractivity contribution in [2.45, 2.75) is 39.0 Å². The first kappa shape index (κ1) is 13.7. The Bertz CT molecular complexity index is 162. The topological polar surface area (TPSA) is 23.5 Å². The summed E-state index contributed by atoms with van der Waals surface area (Å²) in [5.41, 5.74) is -0.943. The van der Waals surface area contributed by atoms with Crippen molar-refractivity contribution in [2.75, 3.05) is 19.6 Å². The van der Waals surface area contributed by atoms with Gasteiger partial charge in [-0.2, -0.15) is 13.2 Å². The lowest BCUT2D eigenvalue weighted by molar-refractivity contribution is -0.139. The van der Waals surface area contributed by atoms with Crippen molar-refractivity contribution in [1.82, 2.24) is 4.90 Å². The van der Waals surface area contributed by atoms with E-state index in [0.717, 1.165) is 0 Å². The van der Waals surface area contributed by atoms with Gasteiger partial charge in [0.2, 0.25) is 0 Å². The highest BCUT2D eigenvalue weighted by molar-refractivity contribution is 4.72. The van der Waals surface area contributed by atoms with Crippen LogP contribution in [0.5, 0.6) is 0 Å². The predicted octanol–water partition coefficient (Wildman–Crippen LogP) is 2.03. The molecule has 0 fully saturated rings. The molecule has 0 unspecified atom stereocenters. The largest absolute Gasteiger partial charge is 0.390 e. The smallest absolute Gasteiger partial charge is 0.389 e. The van der Waals surface area contributed by atoms with E-state index in [2.05, 4.69) is 0 Å². The summed E-state index contributed by atoms with van der Waals surface area (Å²) in [5.74, 6) is 0. The lowest BCUT2D eigenvalue weighted by atomic mass is 10.1. The van der Waals surface area contributed by atoms with E-state index in [1.54, 1.807) is 25.7 Å². The van der Waals surface area contributed by atoms with E-state index in [1.165, 1.54) is 0 Å². The highest BCUT2D eigenvalue weighted by Gasteiger charge is 2.28. The minimum absolute atomic E-state index is 0.0516. The van der Waals surface area contributed by atoms with Gasteiger partial charge in [-0.25, -0.2) is 0 Å². The van der Waals surface area contributed by atoms with Crippen LogP contribution < -0.4 is 0 Å². The summed E-state index contributed by atoms with van der Waals surface area (Å²) in [5, 5.41) is 9.43. The molecule has 0 amide bonds. The molecule has 0 aliphatic rings. The Hall–Kier alpha value is -0.290. The number of hydrogen-bond acceptors (Lipinski definition) is 2. The molecule has 0 aromatic heterocycles. The van der Waals surface area contributed by atoms with Gasteiger partial charge in [-0.1, -0.05) is 6.92 Å². The summed E-state index contributed by atoms with van der Waals surface area (Å²) in [4.78, 5) is 1.59. The third kappa shape index (κ3) is 8.31. The molecule has 0 saturated carbocycles. The van der Waals surface area contributed by atoms with Crippen LogP contribution in [0.2, 0.25) is 0 Å². The number of rotatable bonds is 5. The molecule has 0 rings (SSSR count). The number of hydrogen-bond donors (Lipinski definition) is 1. The lowest BCUT2D eigenvalue weighted by Crippen LogP contribution is -2.40. The van der Waals surface area contributed by atoms with Gasteiger partial charge in [0.1, 0.15) is 0 Å². The van der Waals surface area contributed by atoms with E-state index in [1.807, 2.05) is 0 Å². The van der Waals surface area contributed by atoms with Gasteiger partial charge in [0.25, 0.3) is 0 Å². The fourth-order valence-corrected chi connectivity index (χ4v) is 1.18. The van der Waals surface area contributed by atoms with E-state index in [0.29, 0.717) is 6.54 Å². The molecule has 0 aromatic rings. The van der Waals surface area contributed by atoms with Crippen LogP contribution in [-0.2, 0) is 0 Å². The van der Waals surface area contributed by atoms with Crippen LogP contribution in [0.15, 0.2) is 0 Å². The van der Waals surface area contributed by atoms with E-state index in [9.17, 15) is 18.3 Å². The molecule has 14 heavy (non-hydrogen) atoms. The molecule has 0 bridgehead atoms. The molecular formula is C9H18F3NO. The van der Waals surface area contributed by atoms with Crippen LogP contribution >= 0.6 is 0 Å². The van der Waals surface area contributed by atoms with Crippen molar-refractivity contribution >= 4 is 0 Å². The molecule has 0 aliphatic carbocycles. The molecule has 86 valence electrons. The number of nitrogens with zero attached hydrogens (tertiary/aromatic N) is 1. The number of alkyl halides is 3. The van der Waals surface area contributed by atoms with Gasteiger partial charge in [0, 0.05) is 13.1 Å². The first-order chi connectivity index (χ1) is 6.14. The molecule has 1 N–H and O–H groups in total. The summed E-state index contributed by atoms with van der Waals surface area (Å²) in [6.07, 6.45) is -4.94. The third-order valence-corrected chi connectivity index (χ3v) is 1.77. The Morgan fingerprint density at radius 2 is 1.71 bits per heavy atom. The highest BCUT2D eigenvalue weighted by Crippen LogP contribution is 2.20. The summed E-state index contributed by atoms with van der Waals surface area (Å²) in [6.45, 7) is 5.68. The molecule has 0 aliphatic heterocycles. The van der Waals surface area contributed by atoms with E-state index in [4.69, 9.17) is 0 Å². The molecule has 2 nitrogen and oxygen atoms in total. The van der Waals surface area contributed by atoms with Crippen molar-refractivity contribution in [3.05, 3.63) is 0 Å². The Labute approximate surface area is 82.7 Å². The minimum Gasteiger partial charge on any atom is -0.389 e. The number of halogens is 3. The van der Waals surface area contributed by atoms with Crippen molar-refractivity contribution < 1.29 is 18.3 Å². The Kier molecular flexibility index (Phi) is 4.88. The zero-order valence-corrected chi connectivity index (χ0v) is 8.86. The quantitative estimate of drug-likeness (QED) is 0.755. The molecule has 0 atom stereocenters. The summed E-state index contributed by atoms with van der Waals surface area (Å²) in [7, 11) is 0. The van der Waals surface area contributed by atoms with Gasteiger partial charge < -0.3 is 10.0 Å². The van der Waals surface area contributed by atoms with Crippen molar-refractivity contribution in [3.8, 4) is 0 Å². The van der Waals surface area contributed by atoms with Crippen LogP contribution in [0.3, 0.4) is 0 Å². The van der Waals surface area contributed by atoms with Crippen LogP contribution in [0.25, 0.3) is 0 Å². The SMILES string of the molecule is CCN(CCC(F)(F)F)CC(C)(C)O. The second-order valence-electron chi connectivity index (χ2n) is 4.05. The Morgan fingerprint density at radius 3 is 2.00 bits per heavy atom. The van der Waals surface area contributed by atoms with Gasteiger partial charge in [0.05, 0.1) is 12.0 Å². The molecular weight excluding hydrogens is 195 g/mol. The Morgan fingerprint density at radius 1 is 1.21 bits per heavy atom. The minimum atomic E-state index is -4.12. The van der Waals surface area contributed by atoms with Gasteiger partial charge in [0.15, 0.2) is 0 Å². The maximum absolute atomic E-state index is 11.9. The van der Waals surface area contributed by atoms with Gasteiger partial charge >= 0.3 is 6.18 Å². The van der Waals surface area contributed by atoms with Gasteiger partial charge in [-0.3, -0.25) is 0 Å². The van der Waals surface area contributed by atoms with Crippen molar-refractivity contribution in [2.24, 2.45) is 0 Å². The van der Waals surface area contributed by atoms with E-state index < -0.39 is 18.2 Å². The first-order valence-electron chi connectivity index (χ1n) is 4.65. The summed E-state index contributed by atoms with van der Waals surface area (Å²) >= 11 is 0. The predicted molar refractivity (Wildman–Crippen MR) is 49.1 cm³/mol. The fourth-order valence-electron chi connectivity index (χ4n) is 1.18. The standard InChI is InChI=1S/C9H18F3NO/c1-4-13(7-8(2,3)14)6-5-9(10,11)12/h14H,4-7H2,1-3H3. The fraction of sp³-hybridized carbons (Fsp3) is 1.00. The summed E-state index contributed by atoms with van der Waals surface area (Å²) in [6, 6.07) is 0. The maximum atomic E-state index is 11.9. The molecule has 5 heteroatoms. The average Bonchev–Trinajstić information content (AvgIpc) is 1.94. The van der Waals surface area contributed by atoms with E-state index in [-0.39, 0.29) is 13.1 Å². The number of likely N-dealkylation sites (N-methyl/N-ethyl adjacent to an activating group) is 1. The first-order valence-corrected chi connectivity index (χ1v) is 4.65. The molecule has 0 aromatic carbocycles. The summed E-state index contributed by atoms with van der Waals surface area (Å²) < 4.78 is 35.7. The average molecular weight is 213 g/mol. The molecule has 0 saturated heterocycles. The zero-order chi connectivity index (χ0) is 11.4. The van der Waals surface area contributed by atoms with Crippen molar-refractivity contribution in [1.29, 1.82) is 0 Å². The maximum Gasteiger partial charge on any atom is 0.390 e. The van der Waals surface area contributed by atoms with Gasteiger partial charge in [-0.05, 0) is 20.4 Å². The zero-order valence-electron chi connectivity index (χ0n) is 8.86. The van der Waals surface area contributed by atoms with Crippen LogP contribution in [0, 0.1) is 0 Å². The second kappa shape index (κ2) is 4.98. The van der Waals surface area contributed by atoms with Crippen molar-refractivity contribution in [3.63, 3.8) is 0 Å².